The molecule has 3 N–H and O–H groups in total. The molecular weight excluding hydrogens is 252 g/mol. The van der Waals surface area contributed by atoms with E-state index in [1.807, 2.05) is 0 Å². The van der Waals surface area contributed by atoms with Gasteiger partial charge in [0.05, 0.1) is 11.3 Å². The Kier molecular flexibility index (Phi) is 3.33. The van der Waals surface area contributed by atoms with Gasteiger partial charge in [0.1, 0.15) is 5.69 Å². The minimum Gasteiger partial charge on any atom is -0.364 e. The largest absolute Gasteiger partial charge is 0.364 e. The maximum absolute atomic E-state index is 11.9. The van der Waals surface area contributed by atoms with E-state index in [0.717, 1.165) is 0 Å². The molecule has 0 radical (unpaired) electrons. The van der Waals surface area contributed by atoms with E-state index in [9.17, 15) is 9.59 Å². The zero-order valence-electron chi connectivity index (χ0n) is 9.51. The van der Waals surface area contributed by atoms with Crippen LogP contribution in [0, 0.1) is 6.92 Å². The monoisotopic (exact) mass is 262 g/mol. The third-order valence-corrected chi connectivity index (χ3v) is 2.99. The highest BCUT2D eigenvalue weighted by atomic mass is 32.1. The van der Waals surface area contributed by atoms with Crippen LogP contribution in [0.5, 0.6) is 0 Å². The lowest BCUT2D eigenvalue weighted by molar-refractivity contribution is 0.0992. The molecular formula is C11H10N4O2S. The molecule has 0 aliphatic heterocycles. The van der Waals surface area contributed by atoms with E-state index in [0.29, 0.717) is 16.9 Å². The number of aromatic nitrogens is 2. The molecule has 2 heterocycles. The van der Waals surface area contributed by atoms with Crippen LogP contribution in [-0.4, -0.2) is 21.2 Å². The number of nitrogens with zero attached hydrogens (tertiary/aromatic N) is 2. The van der Waals surface area contributed by atoms with Gasteiger partial charge >= 0.3 is 0 Å². The van der Waals surface area contributed by atoms with Crippen LogP contribution in [-0.2, 0) is 0 Å². The average molecular weight is 262 g/mol. The van der Waals surface area contributed by atoms with Crippen LogP contribution in [0.1, 0.15) is 26.5 Å². The summed E-state index contributed by atoms with van der Waals surface area (Å²) in [6, 6.07) is 3.01. The molecule has 0 bridgehead atoms. The highest BCUT2D eigenvalue weighted by molar-refractivity contribution is 7.04. The molecule has 0 aliphatic rings. The number of primary amides is 1. The Hall–Kier alpha value is -2.28. The Morgan fingerprint density at radius 1 is 1.44 bits per heavy atom. The summed E-state index contributed by atoms with van der Waals surface area (Å²) in [5.41, 5.74) is 6.86. The lowest BCUT2D eigenvalue weighted by Crippen LogP contribution is -2.15. The lowest BCUT2D eigenvalue weighted by atomic mass is 10.2. The molecule has 2 aromatic rings. The Morgan fingerprint density at radius 3 is 2.83 bits per heavy atom. The van der Waals surface area contributed by atoms with E-state index < -0.39 is 5.91 Å². The number of anilines is 1. The van der Waals surface area contributed by atoms with Crippen LogP contribution in [0.3, 0.4) is 0 Å². The minimum atomic E-state index is -0.639. The van der Waals surface area contributed by atoms with Gasteiger partial charge in [0.25, 0.3) is 11.8 Å². The number of pyridine rings is 1. The molecule has 0 saturated heterocycles. The minimum absolute atomic E-state index is 0.105. The predicted molar refractivity (Wildman–Crippen MR) is 67.6 cm³/mol. The van der Waals surface area contributed by atoms with Crippen molar-refractivity contribution < 1.29 is 9.59 Å². The Bertz CT molecular complexity index is 609. The maximum Gasteiger partial charge on any atom is 0.267 e. The van der Waals surface area contributed by atoms with E-state index in [2.05, 4.69) is 14.7 Å². The summed E-state index contributed by atoms with van der Waals surface area (Å²) in [6.45, 7) is 1.76. The summed E-state index contributed by atoms with van der Waals surface area (Å²) in [5, 5.41) is 4.33. The second-order valence-corrected chi connectivity index (χ2v) is 4.19. The van der Waals surface area contributed by atoms with Gasteiger partial charge in [0.15, 0.2) is 0 Å². The topological polar surface area (TPSA) is 98.0 Å². The third kappa shape index (κ3) is 2.51. The molecule has 0 fully saturated rings. The first-order valence-corrected chi connectivity index (χ1v) is 5.90. The number of carbonyl (C=O) groups is 2. The summed E-state index contributed by atoms with van der Waals surface area (Å²) in [5.74, 6) is -0.914. The summed E-state index contributed by atoms with van der Waals surface area (Å²) in [6.07, 6.45) is 1.41. The van der Waals surface area contributed by atoms with Crippen LogP contribution < -0.4 is 11.1 Å². The fraction of sp³-hybridized carbons (Fsp3) is 0.0909. The maximum atomic E-state index is 11.9. The Balaban J connectivity index is 2.20. The molecule has 0 atom stereocenters. The molecule has 0 aliphatic carbocycles. The average Bonchev–Trinajstić information content (AvgIpc) is 2.76. The Labute approximate surface area is 107 Å². The molecule has 6 nitrogen and oxygen atoms in total. The number of nitrogens with one attached hydrogen (secondary N) is 1. The smallest absolute Gasteiger partial charge is 0.267 e. The third-order valence-electron chi connectivity index (χ3n) is 2.26. The second kappa shape index (κ2) is 4.92. The first-order chi connectivity index (χ1) is 8.58. The van der Waals surface area contributed by atoms with Gasteiger partial charge in [0, 0.05) is 17.3 Å². The van der Waals surface area contributed by atoms with Crippen LogP contribution in [0.25, 0.3) is 0 Å². The number of hydrogen-bond acceptors (Lipinski definition) is 5. The molecule has 0 aromatic carbocycles. The summed E-state index contributed by atoms with van der Waals surface area (Å²) in [4.78, 5) is 26.6. The molecule has 0 spiro atoms. The molecule has 0 saturated carbocycles. The number of amides is 2. The van der Waals surface area contributed by atoms with Crippen molar-refractivity contribution in [2.75, 3.05) is 5.32 Å². The number of rotatable bonds is 3. The van der Waals surface area contributed by atoms with Crippen molar-refractivity contribution in [3.05, 3.63) is 40.7 Å². The summed E-state index contributed by atoms with van der Waals surface area (Å²) < 4.78 is 4.02. The van der Waals surface area contributed by atoms with Crippen LogP contribution in [0.4, 0.5) is 5.69 Å². The van der Waals surface area contributed by atoms with Gasteiger partial charge in [-0.25, -0.2) is 0 Å². The van der Waals surface area contributed by atoms with Gasteiger partial charge in [-0.1, -0.05) is 0 Å². The molecule has 0 unspecified atom stereocenters. The van der Waals surface area contributed by atoms with Crippen molar-refractivity contribution in [1.82, 2.24) is 9.36 Å². The van der Waals surface area contributed by atoms with Gasteiger partial charge in [-0.05, 0) is 30.6 Å². The highest BCUT2D eigenvalue weighted by Gasteiger charge is 2.12. The molecule has 18 heavy (non-hydrogen) atoms. The summed E-state index contributed by atoms with van der Waals surface area (Å²) >= 11 is 1.22. The fourth-order valence-electron chi connectivity index (χ4n) is 1.35. The highest BCUT2D eigenvalue weighted by Crippen LogP contribution is 2.13. The van der Waals surface area contributed by atoms with Crippen molar-refractivity contribution >= 4 is 29.0 Å². The predicted octanol–water partition coefficient (Wildman–Crippen LogP) is 1.20. The zero-order valence-corrected chi connectivity index (χ0v) is 10.3. The number of nitrogens with two attached hydrogens (primary N) is 1. The quantitative estimate of drug-likeness (QED) is 0.868. The van der Waals surface area contributed by atoms with Gasteiger partial charge in [-0.15, -0.1) is 0 Å². The molecule has 92 valence electrons. The van der Waals surface area contributed by atoms with Gasteiger partial charge < -0.3 is 11.1 Å². The lowest BCUT2D eigenvalue weighted by Gasteiger charge is -2.04. The molecule has 7 heteroatoms. The van der Waals surface area contributed by atoms with Crippen molar-refractivity contribution in [3.8, 4) is 0 Å². The zero-order chi connectivity index (χ0) is 13.1. The van der Waals surface area contributed by atoms with Crippen molar-refractivity contribution in [2.45, 2.75) is 6.92 Å². The fourth-order valence-corrected chi connectivity index (χ4v) is 2.04. The molecule has 2 aromatic heterocycles. The first-order valence-electron chi connectivity index (χ1n) is 5.06. The SMILES string of the molecule is Cc1nscc1C(=O)Nc1ccnc(C(N)=O)c1. The van der Waals surface area contributed by atoms with E-state index in [-0.39, 0.29) is 11.6 Å². The van der Waals surface area contributed by atoms with Crippen LogP contribution >= 0.6 is 11.5 Å². The second-order valence-electron chi connectivity index (χ2n) is 3.56. The van der Waals surface area contributed by atoms with E-state index >= 15 is 0 Å². The normalized spacial score (nSPS) is 10.1. The van der Waals surface area contributed by atoms with Crippen molar-refractivity contribution in [1.29, 1.82) is 0 Å². The van der Waals surface area contributed by atoms with Crippen molar-refractivity contribution in [2.24, 2.45) is 5.73 Å². The van der Waals surface area contributed by atoms with E-state index in [1.165, 1.54) is 23.8 Å². The van der Waals surface area contributed by atoms with Gasteiger partial charge in [-0.2, -0.15) is 4.37 Å². The van der Waals surface area contributed by atoms with Gasteiger partial charge in [-0.3, -0.25) is 14.6 Å². The first kappa shape index (κ1) is 12.2. The Morgan fingerprint density at radius 2 is 2.22 bits per heavy atom. The van der Waals surface area contributed by atoms with Gasteiger partial charge in [0.2, 0.25) is 0 Å². The number of hydrogen-bond donors (Lipinski definition) is 2. The van der Waals surface area contributed by atoms with E-state index in [4.69, 9.17) is 5.73 Å². The molecule has 2 amide bonds. The number of carbonyl (C=O) groups excluding carboxylic acids is 2. The number of aryl methyl sites for hydroxylation is 1. The molecule has 2 rings (SSSR count). The van der Waals surface area contributed by atoms with Crippen LogP contribution in [0.15, 0.2) is 23.7 Å². The van der Waals surface area contributed by atoms with Crippen LogP contribution in [0.2, 0.25) is 0 Å². The summed E-state index contributed by atoms with van der Waals surface area (Å²) in [7, 11) is 0. The van der Waals surface area contributed by atoms with E-state index in [1.54, 1.807) is 18.4 Å². The van der Waals surface area contributed by atoms with Crippen molar-refractivity contribution in [3.63, 3.8) is 0 Å². The standard InChI is InChI=1S/C11H10N4O2S/c1-6-8(5-18-15-6)11(17)14-7-2-3-13-9(4-7)10(12)16/h2-5H,1H3,(H2,12,16)(H,13,14,17).